The van der Waals surface area contributed by atoms with E-state index in [0.717, 1.165) is 37.4 Å². The Morgan fingerprint density at radius 1 is 1.19 bits per heavy atom. The van der Waals surface area contributed by atoms with Crippen LogP contribution in [0.15, 0.2) is 68.8 Å². The summed E-state index contributed by atoms with van der Waals surface area (Å²) >= 11 is 13.0. The van der Waals surface area contributed by atoms with E-state index in [0.29, 0.717) is 29.4 Å². The lowest BCUT2D eigenvalue weighted by Crippen LogP contribution is -2.44. The maximum atomic E-state index is 13.4. The highest BCUT2D eigenvalue weighted by molar-refractivity contribution is 6.36. The molecule has 0 aromatic heterocycles. The van der Waals surface area contributed by atoms with Crippen LogP contribution in [0, 0.1) is 0 Å². The summed E-state index contributed by atoms with van der Waals surface area (Å²) in [7, 11) is 4.62. The van der Waals surface area contributed by atoms with E-state index in [9.17, 15) is 9.59 Å². The number of amides is 3. The molecule has 2 aliphatic heterocycles. The number of rotatable bonds is 9. The first-order valence-electron chi connectivity index (χ1n) is 13.4. The van der Waals surface area contributed by atoms with Crippen LogP contribution >= 0.6 is 23.2 Å². The Balaban J connectivity index is 1.56. The number of carbonyl (C=O) groups is 2. The molecule has 3 amide bonds. The number of nitrogens with one attached hydrogen (secondary N) is 5. The number of nitrogens with zero attached hydrogens (tertiary/aromatic N) is 3. The van der Waals surface area contributed by atoms with Gasteiger partial charge in [0.15, 0.2) is 0 Å². The molecule has 226 valence electrons. The first-order chi connectivity index (χ1) is 20.2. The molecule has 1 aromatic rings. The average Bonchev–Trinajstić information content (AvgIpc) is 3.01. The largest absolute Gasteiger partial charge is 0.499 e. The van der Waals surface area contributed by atoms with Crippen LogP contribution in [-0.2, 0) is 14.3 Å². The Labute approximate surface area is 255 Å². The third-order valence-corrected chi connectivity index (χ3v) is 8.02. The van der Waals surface area contributed by atoms with Gasteiger partial charge < -0.3 is 41.0 Å². The first kappa shape index (κ1) is 31.2. The highest BCUT2D eigenvalue weighted by atomic mass is 35.5. The zero-order chi connectivity index (χ0) is 30.4. The zero-order valence-electron chi connectivity index (χ0n) is 24.0. The summed E-state index contributed by atoms with van der Waals surface area (Å²) < 4.78 is 10.8. The van der Waals surface area contributed by atoms with Gasteiger partial charge in [-0.15, -0.1) is 0 Å². The Bertz CT molecular complexity index is 1350. The van der Waals surface area contributed by atoms with Gasteiger partial charge in [-0.2, -0.15) is 0 Å². The van der Waals surface area contributed by atoms with Gasteiger partial charge in [-0.3, -0.25) is 9.69 Å². The van der Waals surface area contributed by atoms with Gasteiger partial charge in [0.25, 0.3) is 0 Å². The molecule has 0 spiro atoms. The highest BCUT2D eigenvalue weighted by Crippen LogP contribution is 2.36. The molecule has 5 N–H and O–H groups in total. The molecule has 0 saturated carbocycles. The number of benzene rings is 1. The van der Waals surface area contributed by atoms with Gasteiger partial charge in [-0.05, 0) is 31.2 Å². The minimum absolute atomic E-state index is 0.208. The average molecular weight is 620 g/mol. The van der Waals surface area contributed by atoms with Crippen LogP contribution in [0.25, 0.3) is 0 Å². The Morgan fingerprint density at radius 3 is 2.60 bits per heavy atom. The fourth-order valence-electron chi connectivity index (χ4n) is 4.77. The van der Waals surface area contributed by atoms with Crippen LogP contribution in [0.3, 0.4) is 0 Å². The van der Waals surface area contributed by atoms with Crippen LogP contribution in [-0.4, -0.2) is 82.9 Å². The molecule has 2 heterocycles. The molecule has 4 rings (SSSR count). The first-order valence-corrected chi connectivity index (χ1v) is 14.1. The lowest BCUT2D eigenvalue weighted by molar-refractivity contribution is -0.111. The number of aliphatic imine (C=N–C) groups is 1. The van der Waals surface area contributed by atoms with E-state index in [1.807, 2.05) is 25.1 Å². The molecule has 1 saturated heterocycles. The number of ether oxygens (including phenoxy) is 2. The second-order valence-electron chi connectivity index (χ2n) is 9.74. The van der Waals surface area contributed by atoms with Gasteiger partial charge in [-0.1, -0.05) is 29.8 Å². The second kappa shape index (κ2) is 14.0. The van der Waals surface area contributed by atoms with E-state index >= 15 is 0 Å². The lowest BCUT2D eigenvalue weighted by atomic mass is 10.1. The van der Waals surface area contributed by atoms with E-state index in [2.05, 4.69) is 43.1 Å². The number of methoxy groups -OCH3 is 2. The minimum atomic E-state index is -0.542. The van der Waals surface area contributed by atoms with Crippen molar-refractivity contribution in [3.8, 4) is 0 Å². The second-order valence-corrected chi connectivity index (χ2v) is 10.5. The maximum absolute atomic E-state index is 13.4. The molecule has 12 nitrogen and oxygen atoms in total. The summed E-state index contributed by atoms with van der Waals surface area (Å²) in [6.45, 7) is 8.92. The fourth-order valence-corrected chi connectivity index (χ4v) is 5.43. The summed E-state index contributed by atoms with van der Waals surface area (Å²) in [6.07, 6.45) is 2.03. The predicted molar refractivity (Wildman–Crippen MR) is 167 cm³/mol. The number of hydrogen-bond donors (Lipinski definition) is 5. The van der Waals surface area contributed by atoms with Gasteiger partial charge in [0.2, 0.25) is 5.91 Å². The summed E-state index contributed by atoms with van der Waals surface area (Å²) in [4.78, 5) is 33.8. The van der Waals surface area contributed by atoms with Crippen molar-refractivity contribution in [1.29, 1.82) is 0 Å². The van der Waals surface area contributed by atoms with Crippen LogP contribution in [0.4, 0.5) is 21.9 Å². The molecule has 42 heavy (non-hydrogen) atoms. The zero-order valence-corrected chi connectivity index (χ0v) is 25.5. The number of urea groups is 1. The monoisotopic (exact) mass is 618 g/mol. The highest BCUT2D eigenvalue weighted by Gasteiger charge is 2.31. The predicted octanol–water partition coefficient (Wildman–Crippen LogP) is 3.43. The lowest BCUT2D eigenvalue weighted by Gasteiger charge is -2.32. The minimum Gasteiger partial charge on any atom is -0.499 e. The molecule has 0 radical (unpaired) electrons. The molecule has 1 aliphatic carbocycles. The maximum Gasteiger partial charge on any atom is 0.327 e. The van der Waals surface area contributed by atoms with Gasteiger partial charge in [0.1, 0.15) is 28.9 Å². The molecule has 1 aromatic carbocycles. The van der Waals surface area contributed by atoms with Crippen LogP contribution in [0.1, 0.15) is 13.3 Å². The number of halogens is 2. The molecule has 14 heteroatoms. The number of carbonyl (C=O) groups excluding carboxylic acids is 2. The topological polar surface area (TPSA) is 132 Å². The van der Waals surface area contributed by atoms with Gasteiger partial charge in [-0.25, -0.2) is 9.79 Å². The van der Waals surface area contributed by atoms with E-state index in [1.54, 1.807) is 7.05 Å². The van der Waals surface area contributed by atoms with Crippen molar-refractivity contribution in [2.45, 2.75) is 25.6 Å². The van der Waals surface area contributed by atoms with Crippen molar-refractivity contribution in [1.82, 2.24) is 20.9 Å². The summed E-state index contributed by atoms with van der Waals surface area (Å²) in [5.74, 6) is 0.622. The Kier molecular flexibility index (Phi) is 10.4. The normalized spacial score (nSPS) is 20.7. The van der Waals surface area contributed by atoms with E-state index in [1.165, 1.54) is 31.5 Å². The third kappa shape index (κ3) is 6.84. The SMILES string of the molecule is C=CC(=O)Nc1cc(N2CCNCC2)ccc1NC1N=CNC(N(C)C(=O)NC2=C(Cl)C(OC)CC(OC)=C2Cl)=C1C. The van der Waals surface area contributed by atoms with Crippen molar-refractivity contribution >= 4 is 58.5 Å². The van der Waals surface area contributed by atoms with Crippen molar-refractivity contribution in [3.05, 3.63) is 63.8 Å². The Hall–Kier alpha value is -3.71. The van der Waals surface area contributed by atoms with E-state index in [-0.39, 0.29) is 21.7 Å². The third-order valence-electron chi connectivity index (χ3n) is 7.19. The molecule has 2 atom stereocenters. The van der Waals surface area contributed by atoms with Crippen molar-refractivity contribution in [3.63, 3.8) is 0 Å². The summed E-state index contributed by atoms with van der Waals surface area (Å²) in [5.41, 5.74) is 3.19. The van der Waals surface area contributed by atoms with E-state index < -0.39 is 18.3 Å². The molecular weight excluding hydrogens is 583 g/mol. The number of allylic oxidation sites excluding steroid dienone is 1. The Morgan fingerprint density at radius 2 is 1.93 bits per heavy atom. The molecule has 1 fully saturated rings. The molecule has 2 unspecified atom stereocenters. The van der Waals surface area contributed by atoms with Gasteiger partial charge in [0, 0.05) is 58.0 Å². The van der Waals surface area contributed by atoms with Crippen molar-refractivity contribution in [2.24, 2.45) is 4.99 Å². The van der Waals surface area contributed by atoms with Gasteiger partial charge in [0.05, 0.1) is 35.6 Å². The fraction of sp³-hybridized carbons (Fsp3) is 0.393. The molecule has 3 aliphatic rings. The number of piperazine rings is 1. The summed E-state index contributed by atoms with van der Waals surface area (Å²) in [6, 6.07) is 5.34. The quantitative estimate of drug-likeness (QED) is 0.266. The van der Waals surface area contributed by atoms with Gasteiger partial charge >= 0.3 is 6.03 Å². The summed E-state index contributed by atoms with van der Waals surface area (Å²) in [5, 5.41) is 15.9. The van der Waals surface area contributed by atoms with Crippen LogP contribution in [0.5, 0.6) is 0 Å². The number of hydrogen-bond acceptors (Lipinski definition) is 9. The smallest absolute Gasteiger partial charge is 0.327 e. The standard InChI is InChI=1S/C28H36Cl2N8O4/c1-6-22(39)34-19-13-17(38-11-9-31-10-12-38)7-8-18(19)35-26-16(2)27(33-15-32-26)37(3)28(40)36-25-23(29)20(41-4)14-21(42-5)24(25)30/h6-8,13,15,20,26,31,35H,1,9-12,14H2,2-5H3,(H,32,33)(H,34,39)(H,36,40). The van der Waals surface area contributed by atoms with Crippen molar-refractivity contribution in [2.75, 3.05) is 63.0 Å². The van der Waals surface area contributed by atoms with Crippen LogP contribution < -0.4 is 31.5 Å². The van der Waals surface area contributed by atoms with Crippen molar-refractivity contribution < 1.29 is 19.1 Å². The molecular formula is C28H36Cl2N8O4. The number of anilines is 3. The molecule has 0 bridgehead atoms. The van der Waals surface area contributed by atoms with Crippen LogP contribution in [0.2, 0.25) is 0 Å². The van der Waals surface area contributed by atoms with E-state index in [4.69, 9.17) is 32.7 Å².